The molecule has 20 heavy (non-hydrogen) atoms. The summed E-state index contributed by atoms with van der Waals surface area (Å²) in [7, 11) is 0. The molecule has 98 valence electrons. The van der Waals surface area contributed by atoms with Crippen LogP contribution < -0.4 is 0 Å². The van der Waals surface area contributed by atoms with Crippen LogP contribution in [0.1, 0.15) is 10.6 Å². The Kier molecular flexibility index (Phi) is 3.40. The third-order valence-corrected chi connectivity index (χ3v) is 3.31. The Morgan fingerprint density at radius 1 is 0.850 bits per heavy atom. The molecule has 0 N–H and O–H groups in total. The van der Waals surface area contributed by atoms with E-state index in [2.05, 4.69) is 0 Å². The van der Waals surface area contributed by atoms with Crippen LogP contribution >= 0.6 is 11.6 Å². The first kappa shape index (κ1) is 12.7. The number of furan rings is 1. The van der Waals surface area contributed by atoms with Crippen LogP contribution in [0.5, 0.6) is 0 Å². The molecule has 0 aliphatic carbocycles. The molecule has 0 atom stereocenters. The molecule has 0 bridgehead atoms. The van der Waals surface area contributed by atoms with Gasteiger partial charge in [-0.05, 0) is 35.4 Å². The fourth-order valence-corrected chi connectivity index (χ4v) is 2.26. The van der Waals surface area contributed by atoms with E-state index in [0.717, 1.165) is 16.7 Å². The fraction of sp³-hybridized carbons (Fsp3) is 0. The molecule has 0 amide bonds. The summed E-state index contributed by atoms with van der Waals surface area (Å²) >= 11 is 5.99. The summed E-state index contributed by atoms with van der Waals surface area (Å²) in [5.74, 6) is 1.02. The number of aldehydes is 1. The second kappa shape index (κ2) is 5.35. The fourth-order valence-electron chi connectivity index (χ4n) is 2.07. The van der Waals surface area contributed by atoms with Crippen LogP contribution in [0.15, 0.2) is 65.1 Å². The average Bonchev–Trinajstić information content (AvgIpc) is 2.96. The Balaban J connectivity index is 1.93. The van der Waals surface area contributed by atoms with Crippen LogP contribution in [0, 0.1) is 0 Å². The van der Waals surface area contributed by atoms with E-state index in [0.29, 0.717) is 22.8 Å². The quantitative estimate of drug-likeness (QED) is 0.627. The highest BCUT2D eigenvalue weighted by atomic mass is 35.5. The Morgan fingerprint density at radius 2 is 1.60 bits per heavy atom. The van der Waals surface area contributed by atoms with E-state index >= 15 is 0 Å². The van der Waals surface area contributed by atoms with Gasteiger partial charge < -0.3 is 4.42 Å². The van der Waals surface area contributed by atoms with Gasteiger partial charge in [-0.1, -0.05) is 48.0 Å². The second-order valence-electron chi connectivity index (χ2n) is 4.41. The molecule has 2 nitrogen and oxygen atoms in total. The number of carbonyl (C=O) groups excluding carboxylic acids is 1. The van der Waals surface area contributed by atoms with E-state index in [4.69, 9.17) is 16.0 Å². The summed E-state index contributed by atoms with van der Waals surface area (Å²) in [4.78, 5) is 10.6. The van der Waals surface area contributed by atoms with Gasteiger partial charge in [-0.15, -0.1) is 0 Å². The molecule has 0 unspecified atom stereocenters. The van der Waals surface area contributed by atoms with Gasteiger partial charge in [-0.3, -0.25) is 4.79 Å². The zero-order valence-corrected chi connectivity index (χ0v) is 11.3. The van der Waals surface area contributed by atoms with Gasteiger partial charge in [0.05, 0.1) is 0 Å². The summed E-state index contributed by atoms with van der Waals surface area (Å²) in [6.45, 7) is 0. The molecule has 0 aliphatic rings. The summed E-state index contributed by atoms with van der Waals surface area (Å²) in [5.41, 5.74) is 3.08. The van der Waals surface area contributed by atoms with E-state index < -0.39 is 0 Å². The van der Waals surface area contributed by atoms with Crippen LogP contribution in [0.2, 0.25) is 5.02 Å². The molecule has 0 saturated heterocycles. The Labute approximate surface area is 121 Å². The SMILES string of the molecule is O=Cc1ccc(-c2ccc(-c3cccc(Cl)c3)cc2)o1. The summed E-state index contributed by atoms with van der Waals surface area (Å²) in [6, 6.07) is 19.1. The van der Waals surface area contributed by atoms with Gasteiger partial charge >= 0.3 is 0 Å². The van der Waals surface area contributed by atoms with Crippen molar-refractivity contribution in [3.8, 4) is 22.5 Å². The second-order valence-corrected chi connectivity index (χ2v) is 4.84. The average molecular weight is 283 g/mol. The predicted molar refractivity (Wildman–Crippen MR) is 80.0 cm³/mol. The molecule has 3 aromatic rings. The lowest BCUT2D eigenvalue weighted by Crippen LogP contribution is -1.79. The van der Waals surface area contributed by atoms with E-state index in [1.165, 1.54) is 0 Å². The highest BCUT2D eigenvalue weighted by molar-refractivity contribution is 6.30. The zero-order valence-electron chi connectivity index (χ0n) is 10.5. The first-order valence-corrected chi connectivity index (χ1v) is 6.55. The van der Waals surface area contributed by atoms with E-state index in [9.17, 15) is 4.79 Å². The smallest absolute Gasteiger partial charge is 0.185 e. The van der Waals surface area contributed by atoms with Gasteiger partial charge in [0.1, 0.15) is 5.76 Å². The van der Waals surface area contributed by atoms with Crippen molar-refractivity contribution < 1.29 is 9.21 Å². The largest absolute Gasteiger partial charge is 0.453 e. The molecule has 0 fully saturated rings. The van der Waals surface area contributed by atoms with Gasteiger partial charge in [0.25, 0.3) is 0 Å². The molecule has 1 heterocycles. The van der Waals surface area contributed by atoms with Gasteiger partial charge in [0, 0.05) is 10.6 Å². The minimum atomic E-state index is 0.332. The van der Waals surface area contributed by atoms with Crippen molar-refractivity contribution in [1.29, 1.82) is 0 Å². The normalized spacial score (nSPS) is 10.4. The molecule has 0 saturated carbocycles. The van der Waals surface area contributed by atoms with Crippen molar-refractivity contribution in [3.05, 3.63) is 71.4 Å². The lowest BCUT2D eigenvalue weighted by atomic mass is 10.0. The molecular formula is C17H11ClO2. The topological polar surface area (TPSA) is 30.2 Å². The molecular weight excluding hydrogens is 272 g/mol. The number of hydrogen-bond acceptors (Lipinski definition) is 2. The molecule has 1 aromatic heterocycles. The highest BCUT2D eigenvalue weighted by Gasteiger charge is 2.05. The molecule has 2 aromatic carbocycles. The maximum Gasteiger partial charge on any atom is 0.185 e. The van der Waals surface area contributed by atoms with Crippen LogP contribution in [0.4, 0.5) is 0 Å². The molecule has 3 heteroatoms. The molecule has 0 spiro atoms. The third-order valence-electron chi connectivity index (χ3n) is 3.07. The first-order valence-electron chi connectivity index (χ1n) is 6.18. The molecule has 0 radical (unpaired) electrons. The number of rotatable bonds is 3. The minimum absolute atomic E-state index is 0.332. The number of hydrogen-bond donors (Lipinski definition) is 0. The lowest BCUT2D eigenvalue weighted by Gasteiger charge is -2.03. The number of benzene rings is 2. The molecule has 0 aliphatic heterocycles. The van der Waals surface area contributed by atoms with Gasteiger partial charge in [0.2, 0.25) is 0 Å². The van der Waals surface area contributed by atoms with Crippen LogP contribution in [-0.4, -0.2) is 6.29 Å². The maximum atomic E-state index is 10.6. The third kappa shape index (κ3) is 2.51. The summed E-state index contributed by atoms with van der Waals surface area (Å²) in [5, 5.41) is 0.716. The lowest BCUT2D eigenvalue weighted by molar-refractivity contribution is 0.110. The van der Waals surface area contributed by atoms with Crippen molar-refractivity contribution in [2.24, 2.45) is 0 Å². The van der Waals surface area contributed by atoms with Gasteiger partial charge in [-0.25, -0.2) is 0 Å². The summed E-state index contributed by atoms with van der Waals surface area (Å²) in [6.07, 6.45) is 0.698. The van der Waals surface area contributed by atoms with Crippen molar-refractivity contribution in [1.82, 2.24) is 0 Å². The van der Waals surface area contributed by atoms with Crippen LogP contribution in [0.25, 0.3) is 22.5 Å². The minimum Gasteiger partial charge on any atom is -0.453 e. The maximum absolute atomic E-state index is 10.6. The highest BCUT2D eigenvalue weighted by Crippen LogP contribution is 2.27. The van der Waals surface area contributed by atoms with Crippen molar-refractivity contribution in [3.63, 3.8) is 0 Å². The van der Waals surface area contributed by atoms with E-state index in [1.807, 2.05) is 48.5 Å². The van der Waals surface area contributed by atoms with Crippen molar-refractivity contribution >= 4 is 17.9 Å². The van der Waals surface area contributed by atoms with Crippen molar-refractivity contribution in [2.45, 2.75) is 0 Å². The summed E-state index contributed by atoms with van der Waals surface area (Å²) < 4.78 is 5.39. The number of carbonyl (C=O) groups is 1. The van der Waals surface area contributed by atoms with E-state index in [-0.39, 0.29) is 0 Å². The number of halogens is 1. The Morgan fingerprint density at radius 3 is 2.25 bits per heavy atom. The van der Waals surface area contributed by atoms with Gasteiger partial charge in [0.15, 0.2) is 12.0 Å². The van der Waals surface area contributed by atoms with Crippen LogP contribution in [-0.2, 0) is 0 Å². The Hall–Kier alpha value is -2.32. The zero-order chi connectivity index (χ0) is 13.9. The van der Waals surface area contributed by atoms with Crippen LogP contribution in [0.3, 0.4) is 0 Å². The monoisotopic (exact) mass is 282 g/mol. The predicted octanol–water partition coefficient (Wildman–Crippen LogP) is 5.08. The first-order chi connectivity index (χ1) is 9.76. The van der Waals surface area contributed by atoms with E-state index in [1.54, 1.807) is 12.1 Å². The van der Waals surface area contributed by atoms with Gasteiger partial charge in [-0.2, -0.15) is 0 Å². The van der Waals surface area contributed by atoms with Crippen molar-refractivity contribution in [2.75, 3.05) is 0 Å². The standard InChI is InChI=1S/C17H11ClO2/c18-15-3-1-2-14(10-15)12-4-6-13(7-5-12)17-9-8-16(11-19)20-17/h1-11H. The Bertz CT molecular complexity index is 742. The molecule has 3 rings (SSSR count).